The van der Waals surface area contributed by atoms with E-state index in [1.807, 2.05) is 0 Å². The Bertz CT molecular complexity index is 795. The van der Waals surface area contributed by atoms with Crippen molar-refractivity contribution >= 4 is 17.0 Å². The normalized spacial score (nSPS) is 10.7. The van der Waals surface area contributed by atoms with Crippen molar-refractivity contribution in [1.82, 2.24) is 15.0 Å². The molecule has 0 spiro atoms. The van der Waals surface area contributed by atoms with Crippen LogP contribution in [0.4, 0.5) is 0 Å². The first-order valence-electron chi connectivity index (χ1n) is 5.91. The molecule has 0 fully saturated rings. The first-order chi connectivity index (χ1) is 9.70. The number of aromatic carboxylic acids is 1. The van der Waals surface area contributed by atoms with Crippen molar-refractivity contribution in [1.29, 1.82) is 0 Å². The van der Waals surface area contributed by atoms with Gasteiger partial charge < -0.3 is 14.8 Å². The second kappa shape index (κ2) is 4.65. The summed E-state index contributed by atoms with van der Waals surface area (Å²) in [7, 11) is 1.55. The zero-order valence-electron chi connectivity index (χ0n) is 10.6. The van der Waals surface area contributed by atoms with Gasteiger partial charge in [0.05, 0.1) is 30.0 Å². The Balaban J connectivity index is 2.23. The zero-order valence-corrected chi connectivity index (χ0v) is 10.6. The van der Waals surface area contributed by atoms with Crippen LogP contribution in [0.2, 0.25) is 0 Å². The molecule has 6 heteroatoms. The van der Waals surface area contributed by atoms with Gasteiger partial charge >= 0.3 is 5.97 Å². The van der Waals surface area contributed by atoms with Crippen molar-refractivity contribution in [2.45, 2.75) is 0 Å². The van der Waals surface area contributed by atoms with Gasteiger partial charge in [-0.1, -0.05) is 6.07 Å². The molecule has 0 saturated carbocycles. The Labute approximate surface area is 114 Å². The minimum Gasteiger partial charge on any atom is -0.494 e. The molecule has 2 heterocycles. The van der Waals surface area contributed by atoms with Crippen LogP contribution in [0.5, 0.6) is 5.75 Å². The van der Waals surface area contributed by atoms with Crippen LogP contribution in [0.25, 0.3) is 22.4 Å². The summed E-state index contributed by atoms with van der Waals surface area (Å²) in [5, 5.41) is 9.17. The Morgan fingerprint density at radius 2 is 2.20 bits per heavy atom. The maximum atomic E-state index is 11.2. The van der Waals surface area contributed by atoms with Crippen LogP contribution in [0.3, 0.4) is 0 Å². The van der Waals surface area contributed by atoms with Gasteiger partial charge in [-0.2, -0.15) is 0 Å². The van der Waals surface area contributed by atoms with E-state index >= 15 is 0 Å². The van der Waals surface area contributed by atoms with Gasteiger partial charge in [-0.15, -0.1) is 0 Å². The maximum Gasteiger partial charge on any atom is 0.337 e. The van der Waals surface area contributed by atoms with Gasteiger partial charge in [0.15, 0.2) is 0 Å². The molecule has 20 heavy (non-hydrogen) atoms. The summed E-state index contributed by atoms with van der Waals surface area (Å²) in [6.07, 6.45) is 3.21. The number of hydrogen-bond acceptors (Lipinski definition) is 4. The fraction of sp³-hybridized carbons (Fsp3) is 0.0714. The molecule has 6 nitrogen and oxygen atoms in total. The number of methoxy groups -OCH3 is 1. The van der Waals surface area contributed by atoms with Crippen LogP contribution in [0.1, 0.15) is 10.4 Å². The predicted octanol–water partition coefficient (Wildman–Crippen LogP) is 2.33. The smallest absolute Gasteiger partial charge is 0.337 e. The van der Waals surface area contributed by atoms with Gasteiger partial charge in [0, 0.05) is 6.20 Å². The van der Waals surface area contributed by atoms with Crippen molar-refractivity contribution < 1.29 is 14.6 Å². The number of benzene rings is 1. The van der Waals surface area contributed by atoms with Crippen LogP contribution >= 0.6 is 0 Å². The predicted molar refractivity (Wildman–Crippen MR) is 72.8 cm³/mol. The molecule has 0 bridgehead atoms. The molecule has 0 radical (unpaired) electrons. The third kappa shape index (κ3) is 1.87. The number of imidazole rings is 1. The van der Waals surface area contributed by atoms with Crippen LogP contribution in [-0.4, -0.2) is 33.1 Å². The minimum atomic E-state index is -1.00. The SMILES string of the molecule is COc1cnccc1-c1nc2c(C(=O)O)cccc2[nH]1. The lowest BCUT2D eigenvalue weighted by Gasteiger charge is -2.03. The first kappa shape index (κ1) is 12.2. The van der Waals surface area contributed by atoms with Crippen molar-refractivity contribution in [3.8, 4) is 17.1 Å². The standard InChI is InChI=1S/C14H11N3O3/c1-20-11-7-15-6-5-8(11)13-16-10-4-2-3-9(14(18)19)12(10)17-13/h2-7H,1H3,(H,16,17)(H,18,19). The minimum absolute atomic E-state index is 0.165. The molecule has 1 aromatic carbocycles. The van der Waals surface area contributed by atoms with Gasteiger partial charge in [0.25, 0.3) is 0 Å². The molecule has 0 amide bonds. The maximum absolute atomic E-state index is 11.2. The summed E-state index contributed by atoms with van der Waals surface area (Å²) in [6.45, 7) is 0. The molecule has 0 aliphatic rings. The Morgan fingerprint density at radius 1 is 1.35 bits per heavy atom. The number of H-pyrrole nitrogens is 1. The Hall–Kier alpha value is -2.89. The molecular weight excluding hydrogens is 258 g/mol. The van der Waals surface area contributed by atoms with Gasteiger partial charge in [0.2, 0.25) is 0 Å². The summed E-state index contributed by atoms with van der Waals surface area (Å²) in [4.78, 5) is 22.6. The highest BCUT2D eigenvalue weighted by Crippen LogP contribution is 2.29. The third-order valence-electron chi connectivity index (χ3n) is 3.00. The summed E-state index contributed by atoms with van der Waals surface area (Å²) >= 11 is 0. The van der Waals surface area contributed by atoms with E-state index in [1.54, 1.807) is 37.7 Å². The number of ether oxygens (including phenoxy) is 1. The van der Waals surface area contributed by atoms with Gasteiger partial charge in [0.1, 0.15) is 17.1 Å². The van der Waals surface area contributed by atoms with Crippen molar-refractivity contribution in [2.24, 2.45) is 0 Å². The summed E-state index contributed by atoms with van der Waals surface area (Å²) in [5.74, 6) is 0.117. The molecule has 0 aliphatic heterocycles. The number of nitrogens with one attached hydrogen (secondary N) is 1. The average Bonchev–Trinajstić information content (AvgIpc) is 2.90. The number of carboxylic acids is 1. The number of rotatable bonds is 3. The average molecular weight is 269 g/mol. The number of aromatic amines is 1. The molecule has 0 saturated heterocycles. The van der Waals surface area contributed by atoms with E-state index in [1.165, 1.54) is 6.07 Å². The number of carboxylic acid groups (broad SMARTS) is 1. The molecule has 2 N–H and O–H groups in total. The number of fused-ring (bicyclic) bond motifs is 1. The molecule has 100 valence electrons. The van der Waals surface area contributed by atoms with Gasteiger partial charge in [-0.05, 0) is 18.2 Å². The number of nitrogens with zero attached hydrogens (tertiary/aromatic N) is 2. The molecule has 0 unspecified atom stereocenters. The summed E-state index contributed by atoms with van der Waals surface area (Å²) in [6, 6.07) is 6.75. The highest BCUT2D eigenvalue weighted by molar-refractivity contribution is 6.01. The van der Waals surface area contributed by atoms with Crippen molar-refractivity contribution in [2.75, 3.05) is 7.11 Å². The molecular formula is C14H11N3O3. The lowest BCUT2D eigenvalue weighted by atomic mass is 10.2. The molecule has 3 rings (SSSR count). The van der Waals surface area contributed by atoms with Crippen molar-refractivity contribution in [3.63, 3.8) is 0 Å². The van der Waals surface area contributed by atoms with E-state index in [0.29, 0.717) is 22.6 Å². The summed E-state index contributed by atoms with van der Waals surface area (Å²) in [5.41, 5.74) is 1.99. The quantitative estimate of drug-likeness (QED) is 0.761. The van der Waals surface area contributed by atoms with E-state index in [4.69, 9.17) is 4.74 Å². The van der Waals surface area contributed by atoms with Crippen LogP contribution in [0, 0.1) is 0 Å². The number of aromatic nitrogens is 3. The lowest BCUT2D eigenvalue weighted by molar-refractivity contribution is 0.0699. The molecule has 2 aromatic heterocycles. The summed E-state index contributed by atoms with van der Waals surface area (Å²) < 4.78 is 5.23. The molecule has 3 aromatic rings. The second-order valence-corrected chi connectivity index (χ2v) is 4.17. The van der Waals surface area contributed by atoms with E-state index in [2.05, 4.69) is 15.0 Å². The second-order valence-electron chi connectivity index (χ2n) is 4.17. The zero-order chi connectivity index (χ0) is 14.1. The largest absolute Gasteiger partial charge is 0.494 e. The number of carbonyl (C=O) groups is 1. The third-order valence-corrected chi connectivity index (χ3v) is 3.00. The van der Waals surface area contributed by atoms with E-state index < -0.39 is 5.97 Å². The molecule has 0 atom stereocenters. The monoisotopic (exact) mass is 269 g/mol. The van der Waals surface area contributed by atoms with Crippen molar-refractivity contribution in [3.05, 3.63) is 42.2 Å². The highest BCUT2D eigenvalue weighted by atomic mass is 16.5. The Kier molecular flexibility index (Phi) is 2.83. The number of pyridine rings is 1. The van der Waals surface area contributed by atoms with E-state index in [9.17, 15) is 9.90 Å². The van der Waals surface area contributed by atoms with Gasteiger partial charge in [-0.25, -0.2) is 9.78 Å². The van der Waals surface area contributed by atoms with Crippen LogP contribution in [0.15, 0.2) is 36.7 Å². The number of para-hydroxylation sites is 1. The van der Waals surface area contributed by atoms with Crippen LogP contribution in [-0.2, 0) is 0 Å². The fourth-order valence-corrected chi connectivity index (χ4v) is 2.07. The van der Waals surface area contributed by atoms with Crippen LogP contribution < -0.4 is 4.74 Å². The first-order valence-corrected chi connectivity index (χ1v) is 5.91. The van der Waals surface area contributed by atoms with E-state index in [0.717, 1.165) is 5.56 Å². The lowest BCUT2D eigenvalue weighted by Crippen LogP contribution is -1.96. The highest BCUT2D eigenvalue weighted by Gasteiger charge is 2.15. The van der Waals surface area contributed by atoms with Gasteiger partial charge in [-0.3, -0.25) is 4.98 Å². The topological polar surface area (TPSA) is 88.1 Å². The van der Waals surface area contributed by atoms with E-state index in [-0.39, 0.29) is 5.56 Å². The molecule has 0 aliphatic carbocycles. The Morgan fingerprint density at radius 3 is 2.95 bits per heavy atom. The fourth-order valence-electron chi connectivity index (χ4n) is 2.07. The number of hydrogen-bond donors (Lipinski definition) is 2.